The molecule has 0 atom stereocenters. The first-order chi connectivity index (χ1) is 11.3. The van der Waals surface area contributed by atoms with Crippen LogP contribution >= 0.6 is 24.0 Å². The van der Waals surface area contributed by atoms with Crippen molar-refractivity contribution >= 4 is 51.9 Å². The van der Waals surface area contributed by atoms with E-state index in [0.717, 1.165) is 30.0 Å². The normalized spacial score (nSPS) is 16.0. The summed E-state index contributed by atoms with van der Waals surface area (Å²) in [5.74, 6) is -2.14. The lowest BCUT2D eigenvalue weighted by Gasteiger charge is -2.14. The highest BCUT2D eigenvalue weighted by Gasteiger charge is 2.31. The number of nitro groups is 1. The zero-order chi connectivity index (χ0) is 17.9. The molecule has 1 aliphatic heterocycles. The summed E-state index contributed by atoms with van der Waals surface area (Å²) in [6.45, 7) is 0.120. The fraction of sp³-hybridized carbons (Fsp3) is 0.214. The summed E-state index contributed by atoms with van der Waals surface area (Å²) in [4.78, 5) is 34.2. The SMILES string of the molecule is O=C([O-])CCCN1C(=O)/C(=C/c2cc([N+](=O)[O-])ccc2[O-])SC1=S. The Morgan fingerprint density at radius 1 is 1.42 bits per heavy atom. The van der Waals surface area contributed by atoms with E-state index in [1.165, 1.54) is 11.0 Å². The molecule has 0 aliphatic carbocycles. The molecule has 1 aliphatic rings. The summed E-state index contributed by atoms with van der Waals surface area (Å²) in [6.07, 6.45) is 1.24. The van der Waals surface area contributed by atoms with Gasteiger partial charge in [-0.15, -0.1) is 5.75 Å². The molecule has 1 saturated heterocycles. The van der Waals surface area contributed by atoms with Gasteiger partial charge < -0.3 is 15.0 Å². The van der Waals surface area contributed by atoms with Crippen LogP contribution in [0.25, 0.3) is 6.08 Å². The lowest BCUT2D eigenvalue weighted by atomic mass is 10.1. The minimum Gasteiger partial charge on any atom is -0.872 e. The number of carboxylic acid groups (broad SMARTS) is 1. The Hall–Kier alpha value is -2.46. The van der Waals surface area contributed by atoms with E-state index in [0.29, 0.717) is 0 Å². The van der Waals surface area contributed by atoms with Crippen molar-refractivity contribution in [2.45, 2.75) is 12.8 Å². The number of non-ortho nitro benzene ring substituents is 1. The van der Waals surface area contributed by atoms with Crippen LogP contribution in [0.5, 0.6) is 5.75 Å². The van der Waals surface area contributed by atoms with Crippen molar-refractivity contribution < 1.29 is 24.7 Å². The van der Waals surface area contributed by atoms with E-state index in [1.807, 2.05) is 0 Å². The van der Waals surface area contributed by atoms with Crippen LogP contribution in [0.15, 0.2) is 23.1 Å². The first-order valence-electron chi connectivity index (χ1n) is 6.70. The van der Waals surface area contributed by atoms with Crippen molar-refractivity contribution in [1.29, 1.82) is 0 Å². The predicted molar refractivity (Wildman–Crippen MR) is 86.7 cm³/mol. The molecule has 0 N–H and O–H groups in total. The maximum Gasteiger partial charge on any atom is 0.269 e. The van der Waals surface area contributed by atoms with Crippen molar-refractivity contribution in [2.75, 3.05) is 6.54 Å². The number of nitro benzene ring substituents is 1. The lowest BCUT2D eigenvalue weighted by Crippen LogP contribution is -2.30. The molecular formula is C14H10N2O6S2-2. The van der Waals surface area contributed by atoms with E-state index < -0.39 is 22.5 Å². The van der Waals surface area contributed by atoms with Crippen LogP contribution < -0.4 is 10.2 Å². The van der Waals surface area contributed by atoms with Gasteiger partial charge in [0.2, 0.25) is 0 Å². The van der Waals surface area contributed by atoms with Crippen LogP contribution in [-0.2, 0) is 9.59 Å². The Labute approximate surface area is 145 Å². The number of thioether (sulfide) groups is 1. The molecule has 1 aromatic rings. The fourth-order valence-electron chi connectivity index (χ4n) is 1.98. The molecule has 1 amide bonds. The monoisotopic (exact) mass is 366 g/mol. The molecule has 8 nitrogen and oxygen atoms in total. The molecule has 0 unspecified atom stereocenters. The van der Waals surface area contributed by atoms with Gasteiger partial charge in [-0.1, -0.05) is 30.0 Å². The number of benzene rings is 1. The van der Waals surface area contributed by atoms with Crippen molar-refractivity contribution in [3.63, 3.8) is 0 Å². The van der Waals surface area contributed by atoms with Crippen molar-refractivity contribution in [3.8, 4) is 5.75 Å². The summed E-state index contributed by atoms with van der Waals surface area (Å²) >= 11 is 6.02. The van der Waals surface area contributed by atoms with Crippen molar-refractivity contribution in [1.82, 2.24) is 4.90 Å². The fourth-order valence-corrected chi connectivity index (χ4v) is 3.28. The molecule has 1 aromatic carbocycles. The van der Waals surface area contributed by atoms with Gasteiger partial charge in [0.05, 0.1) is 9.83 Å². The highest BCUT2D eigenvalue weighted by Crippen LogP contribution is 2.34. The topological polar surface area (TPSA) is 127 Å². The molecule has 1 heterocycles. The van der Waals surface area contributed by atoms with E-state index in [-0.39, 0.29) is 39.9 Å². The quantitative estimate of drug-likeness (QED) is 0.306. The van der Waals surface area contributed by atoms with E-state index in [9.17, 15) is 29.9 Å². The third-order valence-electron chi connectivity index (χ3n) is 3.13. The van der Waals surface area contributed by atoms with Gasteiger partial charge in [0.25, 0.3) is 11.6 Å². The lowest BCUT2D eigenvalue weighted by molar-refractivity contribution is -0.385. The molecule has 0 saturated carbocycles. The molecule has 0 aromatic heterocycles. The first kappa shape index (κ1) is 17.9. The Balaban J connectivity index is 2.21. The minimum atomic E-state index is -1.22. The molecule has 0 spiro atoms. The Kier molecular flexibility index (Phi) is 5.52. The summed E-state index contributed by atoms with van der Waals surface area (Å²) in [5.41, 5.74) is -0.246. The molecule has 1 fully saturated rings. The highest BCUT2D eigenvalue weighted by molar-refractivity contribution is 8.26. The summed E-state index contributed by atoms with van der Waals surface area (Å²) in [6, 6.07) is 3.24. The Bertz CT molecular complexity index is 762. The third kappa shape index (κ3) is 4.09. The average molecular weight is 366 g/mol. The number of hydrogen-bond acceptors (Lipinski definition) is 8. The molecule has 0 bridgehead atoms. The number of carbonyl (C=O) groups excluding carboxylic acids is 2. The highest BCUT2D eigenvalue weighted by atomic mass is 32.2. The van der Waals surface area contributed by atoms with Crippen LogP contribution in [0, 0.1) is 10.1 Å². The molecular weight excluding hydrogens is 356 g/mol. The van der Waals surface area contributed by atoms with Crippen LogP contribution in [-0.4, -0.2) is 32.6 Å². The number of carboxylic acids is 1. The predicted octanol–water partition coefficient (Wildman–Crippen LogP) is 0.400. The van der Waals surface area contributed by atoms with Gasteiger partial charge in [0.1, 0.15) is 4.32 Å². The van der Waals surface area contributed by atoms with Gasteiger partial charge in [-0.2, -0.15) is 0 Å². The first-order valence-corrected chi connectivity index (χ1v) is 7.92. The van der Waals surface area contributed by atoms with E-state index in [1.54, 1.807) is 0 Å². The van der Waals surface area contributed by atoms with E-state index in [4.69, 9.17) is 12.2 Å². The number of thiocarbonyl (C=S) groups is 1. The minimum absolute atomic E-state index is 0.0134. The van der Waals surface area contributed by atoms with E-state index >= 15 is 0 Å². The number of carbonyl (C=O) groups is 2. The van der Waals surface area contributed by atoms with Crippen molar-refractivity contribution in [3.05, 3.63) is 38.8 Å². The smallest absolute Gasteiger partial charge is 0.269 e. The zero-order valence-electron chi connectivity index (χ0n) is 12.1. The second-order valence-corrected chi connectivity index (χ2v) is 6.46. The van der Waals surface area contributed by atoms with E-state index in [2.05, 4.69) is 0 Å². The van der Waals surface area contributed by atoms with Gasteiger partial charge in [0, 0.05) is 24.6 Å². The number of amides is 1. The largest absolute Gasteiger partial charge is 0.872 e. The Morgan fingerprint density at radius 2 is 2.12 bits per heavy atom. The average Bonchev–Trinajstić information content (AvgIpc) is 2.76. The van der Waals surface area contributed by atoms with Gasteiger partial charge in [0.15, 0.2) is 0 Å². The standard InChI is InChI=1S/C14H12N2O6S2/c17-10-4-3-9(16(21)22)6-8(10)7-11-13(20)15(14(23)24-11)5-1-2-12(18)19/h3-4,6-7,17H,1-2,5H2,(H,18,19)/p-2/b11-7-. The van der Waals surface area contributed by atoms with Gasteiger partial charge in [-0.05, 0) is 24.5 Å². The van der Waals surface area contributed by atoms with Crippen LogP contribution in [0.3, 0.4) is 0 Å². The maximum absolute atomic E-state index is 12.3. The molecule has 10 heteroatoms. The zero-order valence-corrected chi connectivity index (χ0v) is 13.7. The van der Waals surface area contributed by atoms with Crippen LogP contribution in [0.1, 0.15) is 18.4 Å². The molecule has 24 heavy (non-hydrogen) atoms. The number of nitrogens with zero attached hydrogens (tertiary/aromatic N) is 2. The summed E-state index contributed by atoms with van der Waals surface area (Å²) < 4.78 is 0.238. The third-order valence-corrected chi connectivity index (χ3v) is 4.50. The maximum atomic E-state index is 12.3. The van der Waals surface area contributed by atoms with Gasteiger partial charge in [-0.3, -0.25) is 19.8 Å². The second kappa shape index (κ2) is 7.41. The van der Waals surface area contributed by atoms with Crippen molar-refractivity contribution in [2.24, 2.45) is 0 Å². The molecule has 126 valence electrons. The van der Waals surface area contributed by atoms with Crippen LogP contribution in [0.4, 0.5) is 5.69 Å². The van der Waals surface area contributed by atoms with Gasteiger partial charge >= 0.3 is 0 Å². The van der Waals surface area contributed by atoms with Crippen LogP contribution in [0.2, 0.25) is 0 Å². The molecule has 0 radical (unpaired) electrons. The second-order valence-electron chi connectivity index (χ2n) is 4.79. The molecule has 2 rings (SSSR count). The summed E-state index contributed by atoms with van der Waals surface area (Å²) in [7, 11) is 0. The Morgan fingerprint density at radius 3 is 2.75 bits per heavy atom. The number of aliphatic carboxylic acids is 1. The number of rotatable bonds is 6. The van der Waals surface area contributed by atoms with Gasteiger partial charge in [-0.25, -0.2) is 0 Å². The number of hydrogen-bond donors (Lipinski definition) is 0. The summed E-state index contributed by atoms with van der Waals surface area (Å²) in [5, 5.41) is 33.0.